The Labute approximate surface area is 205 Å². The van der Waals surface area contributed by atoms with Gasteiger partial charge in [-0.3, -0.25) is 4.57 Å². The average molecular weight is 499 g/mol. The molecule has 1 aliphatic carbocycles. The molecule has 2 aliphatic rings. The van der Waals surface area contributed by atoms with E-state index >= 15 is 0 Å². The Morgan fingerprint density at radius 1 is 1.03 bits per heavy atom. The van der Waals surface area contributed by atoms with Gasteiger partial charge in [0.05, 0.1) is 18.1 Å². The third-order valence-electron chi connectivity index (χ3n) is 6.50. The van der Waals surface area contributed by atoms with Crippen LogP contribution in [-0.2, 0) is 20.5 Å². The average Bonchev–Trinajstić information content (AvgIpc) is 3.53. The van der Waals surface area contributed by atoms with Crippen LogP contribution in [0.4, 0.5) is 0 Å². The van der Waals surface area contributed by atoms with Crippen molar-refractivity contribution in [2.75, 3.05) is 26.3 Å². The van der Waals surface area contributed by atoms with Crippen LogP contribution >= 0.6 is 11.8 Å². The molecular formula is C25H30N4O3S2. The molecule has 9 heteroatoms. The van der Waals surface area contributed by atoms with Crippen LogP contribution in [0.5, 0.6) is 0 Å². The van der Waals surface area contributed by atoms with Crippen molar-refractivity contribution in [2.45, 2.75) is 54.5 Å². The SMILES string of the molecule is Cc1cccc(CSc2nnc(-c3cccc(S(=O)(=O)N4CCOCC4)c3)n2C2CCCC2)c1. The van der Waals surface area contributed by atoms with Crippen LogP contribution in [-0.4, -0.2) is 53.8 Å². The molecule has 2 fully saturated rings. The lowest BCUT2D eigenvalue weighted by Gasteiger charge is -2.26. The number of aromatic nitrogens is 3. The minimum atomic E-state index is -3.58. The molecule has 0 bridgehead atoms. The highest BCUT2D eigenvalue weighted by Crippen LogP contribution is 2.37. The molecule has 0 amide bonds. The van der Waals surface area contributed by atoms with E-state index in [1.54, 1.807) is 30.0 Å². The second-order valence-corrected chi connectivity index (χ2v) is 11.8. The maximum atomic E-state index is 13.2. The summed E-state index contributed by atoms with van der Waals surface area (Å²) in [6.45, 7) is 3.72. The van der Waals surface area contributed by atoms with E-state index in [2.05, 4.69) is 46.0 Å². The summed E-state index contributed by atoms with van der Waals surface area (Å²) in [7, 11) is -3.58. The van der Waals surface area contributed by atoms with Crippen LogP contribution in [0.25, 0.3) is 11.4 Å². The Balaban J connectivity index is 1.47. The molecule has 0 atom stereocenters. The van der Waals surface area contributed by atoms with Crippen molar-refractivity contribution in [3.8, 4) is 11.4 Å². The molecule has 3 aromatic rings. The monoisotopic (exact) mass is 498 g/mol. The fourth-order valence-corrected chi connectivity index (χ4v) is 7.15. The van der Waals surface area contributed by atoms with Gasteiger partial charge in [-0.1, -0.05) is 66.6 Å². The van der Waals surface area contributed by atoms with E-state index in [4.69, 9.17) is 4.74 Å². The summed E-state index contributed by atoms with van der Waals surface area (Å²) in [6.07, 6.45) is 4.56. The summed E-state index contributed by atoms with van der Waals surface area (Å²) in [5.74, 6) is 1.57. The van der Waals surface area contributed by atoms with Crippen molar-refractivity contribution in [3.63, 3.8) is 0 Å². The van der Waals surface area contributed by atoms with E-state index in [-0.39, 0.29) is 0 Å². The zero-order chi connectivity index (χ0) is 23.5. The Bertz CT molecular complexity index is 1250. The molecule has 0 N–H and O–H groups in total. The Kier molecular flexibility index (Phi) is 7.06. The maximum absolute atomic E-state index is 13.2. The van der Waals surface area contributed by atoms with E-state index in [0.29, 0.717) is 37.2 Å². The van der Waals surface area contributed by atoms with Gasteiger partial charge in [0.15, 0.2) is 11.0 Å². The lowest BCUT2D eigenvalue weighted by atomic mass is 10.2. The van der Waals surface area contributed by atoms with Crippen LogP contribution < -0.4 is 0 Å². The highest BCUT2D eigenvalue weighted by molar-refractivity contribution is 7.98. The first kappa shape index (κ1) is 23.5. The molecule has 0 spiro atoms. The molecule has 34 heavy (non-hydrogen) atoms. The first-order valence-electron chi connectivity index (χ1n) is 11.8. The lowest BCUT2D eigenvalue weighted by Crippen LogP contribution is -2.40. The molecule has 0 unspecified atom stereocenters. The van der Waals surface area contributed by atoms with Gasteiger partial charge in [0, 0.05) is 30.4 Å². The minimum Gasteiger partial charge on any atom is -0.379 e. The second-order valence-electron chi connectivity index (χ2n) is 8.94. The molecule has 7 nitrogen and oxygen atoms in total. The standard InChI is InChI=1S/C25H30N4O3S2/c1-19-6-4-7-20(16-19)18-33-25-27-26-24(29(25)22-9-2-3-10-22)21-8-5-11-23(17-21)34(30,31)28-12-14-32-15-13-28/h4-8,11,16-17,22H,2-3,9-10,12-15,18H2,1H3. The van der Waals surface area contributed by atoms with E-state index in [0.717, 1.165) is 35.1 Å². The quantitative estimate of drug-likeness (QED) is 0.440. The topological polar surface area (TPSA) is 77.3 Å². The van der Waals surface area contributed by atoms with Crippen molar-refractivity contribution in [1.29, 1.82) is 0 Å². The number of thioether (sulfide) groups is 1. The molecule has 5 rings (SSSR count). The largest absolute Gasteiger partial charge is 0.379 e. The van der Waals surface area contributed by atoms with Crippen LogP contribution in [0.15, 0.2) is 58.6 Å². The molecule has 180 valence electrons. The predicted molar refractivity (Wildman–Crippen MR) is 133 cm³/mol. The number of ether oxygens (including phenoxy) is 1. The molecule has 0 radical (unpaired) electrons. The predicted octanol–water partition coefficient (Wildman–Crippen LogP) is 4.68. The van der Waals surface area contributed by atoms with Gasteiger partial charge >= 0.3 is 0 Å². The number of nitrogens with zero attached hydrogens (tertiary/aromatic N) is 4. The summed E-state index contributed by atoms with van der Waals surface area (Å²) in [6, 6.07) is 16.0. The van der Waals surface area contributed by atoms with Crippen LogP contribution in [0.3, 0.4) is 0 Å². The van der Waals surface area contributed by atoms with Gasteiger partial charge in [0.2, 0.25) is 10.0 Å². The van der Waals surface area contributed by atoms with Crippen molar-refractivity contribution in [1.82, 2.24) is 19.1 Å². The minimum absolute atomic E-state index is 0.293. The Morgan fingerprint density at radius 3 is 2.56 bits per heavy atom. The van der Waals surface area contributed by atoms with E-state index in [9.17, 15) is 8.42 Å². The van der Waals surface area contributed by atoms with E-state index in [1.165, 1.54) is 28.3 Å². The summed E-state index contributed by atoms with van der Waals surface area (Å²) in [5.41, 5.74) is 3.29. The van der Waals surface area contributed by atoms with Gasteiger partial charge in [-0.25, -0.2) is 8.42 Å². The highest BCUT2D eigenvalue weighted by atomic mass is 32.2. The zero-order valence-corrected chi connectivity index (χ0v) is 21.0. The van der Waals surface area contributed by atoms with Crippen LogP contribution in [0.1, 0.15) is 42.9 Å². The first-order chi connectivity index (χ1) is 16.5. The maximum Gasteiger partial charge on any atom is 0.243 e. The van der Waals surface area contributed by atoms with Gasteiger partial charge in [-0.15, -0.1) is 10.2 Å². The molecule has 2 aromatic carbocycles. The van der Waals surface area contributed by atoms with Crippen molar-refractivity contribution in [3.05, 3.63) is 59.7 Å². The van der Waals surface area contributed by atoms with Gasteiger partial charge in [-0.2, -0.15) is 4.31 Å². The number of aryl methyl sites for hydroxylation is 1. The molecule has 1 aliphatic heterocycles. The Hall–Kier alpha value is -2.20. The van der Waals surface area contributed by atoms with Crippen molar-refractivity contribution in [2.24, 2.45) is 0 Å². The number of benzene rings is 2. The van der Waals surface area contributed by atoms with Crippen LogP contribution in [0, 0.1) is 6.92 Å². The lowest BCUT2D eigenvalue weighted by molar-refractivity contribution is 0.0730. The molecular weight excluding hydrogens is 468 g/mol. The van der Waals surface area contributed by atoms with Gasteiger partial charge in [0.1, 0.15) is 0 Å². The molecule has 1 aromatic heterocycles. The fraction of sp³-hybridized carbons (Fsp3) is 0.440. The molecule has 1 saturated carbocycles. The summed E-state index contributed by atoms with van der Waals surface area (Å²) in [4.78, 5) is 0.293. The summed E-state index contributed by atoms with van der Waals surface area (Å²) < 4.78 is 35.5. The van der Waals surface area contributed by atoms with Crippen molar-refractivity contribution < 1.29 is 13.2 Å². The smallest absolute Gasteiger partial charge is 0.243 e. The number of sulfonamides is 1. The number of hydrogen-bond donors (Lipinski definition) is 0. The fourth-order valence-electron chi connectivity index (χ4n) is 4.75. The van der Waals surface area contributed by atoms with E-state index < -0.39 is 10.0 Å². The summed E-state index contributed by atoms with van der Waals surface area (Å²) in [5, 5.41) is 10.0. The Morgan fingerprint density at radius 2 is 1.79 bits per heavy atom. The zero-order valence-electron chi connectivity index (χ0n) is 19.4. The first-order valence-corrected chi connectivity index (χ1v) is 14.3. The van der Waals surface area contributed by atoms with Crippen molar-refractivity contribution >= 4 is 21.8 Å². The third-order valence-corrected chi connectivity index (χ3v) is 9.41. The van der Waals surface area contributed by atoms with Gasteiger partial charge in [-0.05, 0) is 37.5 Å². The van der Waals surface area contributed by atoms with Crippen LogP contribution in [0.2, 0.25) is 0 Å². The van der Waals surface area contributed by atoms with Gasteiger partial charge in [0.25, 0.3) is 0 Å². The van der Waals surface area contributed by atoms with Gasteiger partial charge < -0.3 is 4.74 Å². The highest BCUT2D eigenvalue weighted by Gasteiger charge is 2.28. The number of hydrogen-bond acceptors (Lipinski definition) is 6. The second kappa shape index (κ2) is 10.2. The molecule has 2 heterocycles. The van der Waals surface area contributed by atoms with E-state index in [1.807, 2.05) is 6.07 Å². The normalized spacial score (nSPS) is 17.9. The summed E-state index contributed by atoms with van der Waals surface area (Å²) >= 11 is 1.69. The molecule has 1 saturated heterocycles. The number of morpholine rings is 1. The number of rotatable bonds is 7. The third kappa shape index (κ3) is 4.93.